The van der Waals surface area contributed by atoms with Crippen molar-refractivity contribution in [3.63, 3.8) is 0 Å². The molecule has 1 N–H and O–H groups in total. The Morgan fingerprint density at radius 3 is 2.74 bits per heavy atom. The molecule has 1 amide bonds. The highest BCUT2D eigenvalue weighted by molar-refractivity contribution is 7.98. The van der Waals surface area contributed by atoms with Crippen LogP contribution in [0.25, 0.3) is 0 Å². The Hall–Kier alpha value is -2.09. The maximum absolute atomic E-state index is 13.3. The lowest BCUT2D eigenvalue weighted by Crippen LogP contribution is -2.37. The molecule has 8 heteroatoms. The fraction of sp³-hybridized carbons (Fsp3) is 0.526. The first-order chi connectivity index (χ1) is 12.7. The third-order valence-electron chi connectivity index (χ3n) is 3.82. The van der Waals surface area contributed by atoms with E-state index in [4.69, 9.17) is 9.15 Å². The molecule has 2 aromatic rings. The van der Waals surface area contributed by atoms with Gasteiger partial charge in [-0.25, -0.2) is 9.18 Å². The first-order valence-electron chi connectivity index (χ1n) is 8.88. The summed E-state index contributed by atoms with van der Waals surface area (Å²) in [6.07, 6.45) is 0.286. The molecule has 0 aliphatic heterocycles. The summed E-state index contributed by atoms with van der Waals surface area (Å²) in [5.41, 5.74) is 0.232. The number of hydrogen-bond acceptors (Lipinski definition) is 6. The Labute approximate surface area is 163 Å². The van der Waals surface area contributed by atoms with Gasteiger partial charge in [-0.1, -0.05) is 44.2 Å². The number of ether oxygens (including phenoxy) is 1. The predicted molar refractivity (Wildman–Crippen MR) is 102 cm³/mol. The van der Waals surface area contributed by atoms with Gasteiger partial charge in [0.1, 0.15) is 17.5 Å². The molecule has 0 aliphatic rings. The number of alkyl carbamates (subject to hydrolysis) is 1. The van der Waals surface area contributed by atoms with Crippen LogP contribution in [0, 0.1) is 11.7 Å². The van der Waals surface area contributed by atoms with Gasteiger partial charge >= 0.3 is 6.09 Å². The Morgan fingerprint density at radius 2 is 2.11 bits per heavy atom. The molecule has 0 fully saturated rings. The van der Waals surface area contributed by atoms with Crippen LogP contribution in [0.15, 0.2) is 33.9 Å². The highest BCUT2D eigenvalue weighted by Crippen LogP contribution is 2.28. The maximum Gasteiger partial charge on any atom is 0.408 e. The van der Waals surface area contributed by atoms with E-state index in [-0.39, 0.29) is 11.7 Å². The molecule has 0 spiro atoms. The van der Waals surface area contributed by atoms with E-state index in [1.54, 1.807) is 26.8 Å². The summed E-state index contributed by atoms with van der Waals surface area (Å²) in [6.45, 7) is 9.42. The highest BCUT2D eigenvalue weighted by atomic mass is 32.2. The van der Waals surface area contributed by atoms with Crippen LogP contribution in [0.1, 0.15) is 58.5 Å². The minimum Gasteiger partial charge on any atom is -0.444 e. The molecular weight excluding hydrogens is 369 g/mol. The molecule has 2 atom stereocenters. The van der Waals surface area contributed by atoms with Crippen LogP contribution in [0.3, 0.4) is 0 Å². The van der Waals surface area contributed by atoms with E-state index in [9.17, 15) is 9.18 Å². The van der Waals surface area contributed by atoms with Gasteiger partial charge in [0.15, 0.2) is 0 Å². The summed E-state index contributed by atoms with van der Waals surface area (Å²) in [7, 11) is 0. The molecule has 0 radical (unpaired) electrons. The van der Waals surface area contributed by atoms with Gasteiger partial charge in [-0.05, 0) is 44.4 Å². The second-order valence-electron chi connectivity index (χ2n) is 7.33. The fourth-order valence-electron chi connectivity index (χ4n) is 2.29. The van der Waals surface area contributed by atoms with Crippen LogP contribution < -0.4 is 5.32 Å². The van der Waals surface area contributed by atoms with Crippen molar-refractivity contribution in [2.45, 2.75) is 63.7 Å². The monoisotopic (exact) mass is 395 g/mol. The Kier molecular flexibility index (Phi) is 7.24. The van der Waals surface area contributed by atoms with E-state index in [1.165, 1.54) is 23.9 Å². The van der Waals surface area contributed by atoms with Crippen molar-refractivity contribution < 1.29 is 18.3 Å². The number of carbonyl (C=O) groups excluding carboxylic acids is 1. The zero-order valence-corrected chi connectivity index (χ0v) is 17.1. The first-order valence-corrected chi connectivity index (χ1v) is 9.86. The molecule has 0 saturated carbocycles. The number of amides is 1. The largest absolute Gasteiger partial charge is 0.444 e. The number of rotatable bonds is 7. The van der Waals surface area contributed by atoms with E-state index in [2.05, 4.69) is 15.5 Å². The number of benzene rings is 1. The molecular formula is C19H26FN3O3S. The molecule has 148 valence electrons. The maximum atomic E-state index is 13.3. The van der Waals surface area contributed by atoms with Gasteiger partial charge in [-0.3, -0.25) is 0 Å². The van der Waals surface area contributed by atoms with Crippen LogP contribution in [0.2, 0.25) is 0 Å². The minimum absolute atomic E-state index is 0.0824. The van der Waals surface area contributed by atoms with E-state index >= 15 is 0 Å². The third-order valence-corrected chi connectivity index (χ3v) is 4.71. The van der Waals surface area contributed by atoms with Crippen molar-refractivity contribution in [2.24, 2.45) is 5.92 Å². The molecule has 0 aliphatic carbocycles. The third kappa shape index (κ3) is 6.86. The molecule has 1 unspecified atom stereocenters. The summed E-state index contributed by atoms with van der Waals surface area (Å²) >= 11 is 1.32. The molecule has 6 nitrogen and oxygen atoms in total. The number of aromatic nitrogens is 2. The molecule has 1 aromatic heterocycles. The zero-order valence-electron chi connectivity index (χ0n) is 16.3. The van der Waals surface area contributed by atoms with E-state index in [0.717, 1.165) is 12.0 Å². The quantitative estimate of drug-likeness (QED) is 0.656. The second kappa shape index (κ2) is 9.21. The molecule has 2 rings (SSSR count). The predicted octanol–water partition coefficient (Wildman–Crippen LogP) is 5.11. The first kappa shape index (κ1) is 21.2. The number of carbonyl (C=O) groups is 1. The standard InChI is InChI=1S/C19H26FN3O3S/c1-6-12(2)15(21-17(24)26-19(3,4)5)16-22-23-18(25-16)27-11-13-8-7-9-14(20)10-13/h7-10,12,15H,6,11H2,1-5H3,(H,21,24)/t12?,15-/m0/s1. The Morgan fingerprint density at radius 1 is 1.37 bits per heavy atom. The summed E-state index contributed by atoms with van der Waals surface area (Å²) in [5, 5.41) is 11.3. The van der Waals surface area contributed by atoms with Crippen LogP contribution in [0.4, 0.5) is 9.18 Å². The van der Waals surface area contributed by atoms with Crippen molar-refractivity contribution in [3.8, 4) is 0 Å². The van der Waals surface area contributed by atoms with Gasteiger partial charge in [-0.2, -0.15) is 0 Å². The lowest BCUT2D eigenvalue weighted by molar-refractivity contribution is 0.0473. The lowest BCUT2D eigenvalue weighted by Gasteiger charge is -2.24. The van der Waals surface area contributed by atoms with E-state index in [0.29, 0.717) is 16.9 Å². The number of hydrogen-bond donors (Lipinski definition) is 1. The number of halogens is 1. The van der Waals surface area contributed by atoms with Gasteiger partial charge in [0.2, 0.25) is 5.89 Å². The fourth-order valence-corrected chi connectivity index (χ4v) is 3.01. The summed E-state index contributed by atoms with van der Waals surface area (Å²) in [5.74, 6) is 0.640. The van der Waals surface area contributed by atoms with Crippen molar-refractivity contribution in [3.05, 3.63) is 41.5 Å². The number of nitrogens with zero attached hydrogens (tertiary/aromatic N) is 2. The second-order valence-corrected chi connectivity index (χ2v) is 8.26. The lowest BCUT2D eigenvalue weighted by atomic mass is 9.99. The number of nitrogens with one attached hydrogen (secondary N) is 1. The number of thioether (sulfide) groups is 1. The van der Waals surface area contributed by atoms with Crippen molar-refractivity contribution in [2.75, 3.05) is 0 Å². The Bertz CT molecular complexity index is 761. The average Bonchev–Trinajstić information content (AvgIpc) is 3.04. The van der Waals surface area contributed by atoms with Crippen molar-refractivity contribution >= 4 is 17.9 Å². The highest BCUT2D eigenvalue weighted by Gasteiger charge is 2.28. The molecule has 1 heterocycles. The zero-order chi connectivity index (χ0) is 20.0. The minimum atomic E-state index is -0.592. The van der Waals surface area contributed by atoms with Crippen LogP contribution >= 0.6 is 11.8 Å². The molecule has 1 aromatic carbocycles. The van der Waals surface area contributed by atoms with Gasteiger partial charge in [0, 0.05) is 5.75 Å². The van der Waals surface area contributed by atoms with Crippen LogP contribution in [-0.4, -0.2) is 21.9 Å². The average molecular weight is 396 g/mol. The SMILES string of the molecule is CCC(C)[C@H](NC(=O)OC(C)(C)C)c1nnc(SCc2cccc(F)c2)o1. The summed E-state index contributed by atoms with van der Waals surface area (Å²) < 4.78 is 24.3. The summed E-state index contributed by atoms with van der Waals surface area (Å²) in [4.78, 5) is 12.1. The van der Waals surface area contributed by atoms with Gasteiger partial charge < -0.3 is 14.5 Å². The smallest absolute Gasteiger partial charge is 0.408 e. The van der Waals surface area contributed by atoms with Crippen LogP contribution in [-0.2, 0) is 10.5 Å². The van der Waals surface area contributed by atoms with Gasteiger partial charge in [-0.15, -0.1) is 10.2 Å². The van der Waals surface area contributed by atoms with Crippen molar-refractivity contribution in [1.82, 2.24) is 15.5 Å². The normalized spacial score (nSPS) is 13.9. The van der Waals surface area contributed by atoms with Crippen molar-refractivity contribution in [1.29, 1.82) is 0 Å². The topological polar surface area (TPSA) is 77.2 Å². The Balaban J connectivity index is 2.05. The molecule has 27 heavy (non-hydrogen) atoms. The van der Waals surface area contributed by atoms with Gasteiger partial charge in [0.05, 0.1) is 0 Å². The van der Waals surface area contributed by atoms with Crippen LogP contribution in [0.5, 0.6) is 0 Å². The molecule has 0 saturated heterocycles. The van der Waals surface area contributed by atoms with Gasteiger partial charge in [0.25, 0.3) is 5.22 Å². The van der Waals surface area contributed by atoms with E-state index < -0.39 is 17.7 Å². The summed E-state index contributed by atoms with van der Waals surface area (Å²) in [6, 6.07) is 5.92. The molecule has 0 bridgehead atoms. The van der Waals surface area contributed by atoms with E-state index in [1.807, 2.05) is 19.9 Å².